The maximum Gasteiger partial charge on any atom is 0.275 e. The molecule has 110 valence electrons. The van der Waals surface area contributed by atoms with Crippen LogP contribution >= 0.6 is 0 Å². The Hall–Kier alpha value is -1.86. The molecule has 7 nitrogen and oxygen atoms in total. The number of anilines is 1. The van der Waals surface area contributed by atoms with Crippen LogP contribution in [0.5, 0.6) is 5.75 Å². The summed E-state index contributed by atoms with van der Waals surface area (Å²) in [5.41, 5.74) is 0.750. The van der Waals surface area contributed by atoms with Crippen LogP contribution in [0.15, 0.2) is 18.2 Å². The van der Waals surface area contributed by atoms with E-state index in [0.29, 0.717) is 11.4 Å². The Morgan fingerprint density at radius 3 is 2.80 bits per heavy atom. The van der Waals surface area contributed by atoms with Gasteiger partial charge in [-0.25, -0.2) is 0 Å². The molecule has 1 heterocycles. The Kier molecular flexibility index (Phi) is 5.14. The molecule has 2 rings (SSSR count). The van der Waals surface area contributed by atoms with E-state index < -0.39 is 4.92 Å². The quantitative estimate of drug-likeness (QED) is 0.596. The molecule has 1 aromatic rings. The summed E-state index contributed by atoms with van der Waals surface area (Å²) >= 11 is 0. The van der Waals surface area contributed by atoms with Crippen molar-refractivity contribution in [3.05, 3.63) is 28.3 Å². The first-order chi connectivity index (χ1) is 9.69. The van der Waals surface area contributed by atoms with Gasteiger partial charge >= 0.3 is 0 Å². The van der Waals surface area contributed by atoms with Crippen molar-refractivity contribution in [1.29, 1.82) is 0 Å². The van der Waals surface area contributed by atoms with Crippen LogP contribution in [0.4, 0.5) is 11.4 Å². The molecule has 1 aliphatic heterocycles. The number of hydrogen-bond donors (Lipinski definition) is 2. The average molecular weight is 280 g/mol. The summed E-state index contributed by atoms with van der Waals surface area (Å²) in [4.78, 5) is 12.8. The van der Waals surface area contributed by atoms with Crippen molar-refractivity contribution in [3.63, 3.8) is 0 Å². The number of rotatable bonds is 6. The Balaban J connectivity index is 1.91. The van der Waals surface area contributed by atoms with Crippen molar-refractivity contribution in [2.75, 3.05) is 51.7 Å². The number of nitrogens with one attached hydrogen (secondary N) is 2. The van der Waals surface area contributed by atoms with E-state index in [2.05, 4.69) is 15.5 Å². The summed E-state index contributed by atoms with van der Waals surface area (Å²) in [6.07, 6.45) is 0. The second-order valence-electron chi connectivity index (χ2n) is 4.70. The maximum atomic E-state index is 10.8. The lowest BCUT2D eigenvalue weighted by molar-refractivity contribution is -0.384. The van der Waals surface area contributed by atoms with Gasteiger partial charge in [-0.2, -0.15) is 0 Å². The number of nitro benzene ring substituents is 1. The molecule has 0 spiro atoms. The highest BCUT2D eigenvalue weighted by molar-refractivity contribution is 5.56. The number of hydrogen-bond acceptors (Lipinski definition) is 6. The summed E-state index contributed by atoms with van der Waals surface area (Å²) < 4.78 is 5.08. The molecule has 1 fully saturated rings. The van der Waals surface area contributed by atoms with Crippen LogP contribution in [-0.2, 0) is 0 Å². The van der Waals surface area contributed by atoms with E-state index in [9.17, 15) is 10.1 Å². The van der Waals surface area contributed by atoms with Gasteiger partial charge in [-0.05, 0) is 0 Å². The van der Waals surface area contributed by atoms with E-state index in [1.807, 2.05) is 0 Å². The van der Waals surface area contributed by atoms with Gasteiger partial charge in [0, 0.05) is 57.1 Å². The minimum absolute atomic E-state index is 0.0361. The number of methoxy groups -OCH3 is 1. The van der Waals surface area contributed by atoms with E-state index in [0.717, 1.165) is 39.3 Å². The van der Waals surface area contributed by atoms with Gasteiger partial charge in [0.05, 0.1) is 18.1 Å². The molecular formula is C13H20N4O3. The van der Waals surface area contributed by atoms with Crippen molar-refractivity contribution in [2.45, 2.75) is 0 Å². The maximum absolute atomic E-state index is 10.8. The smallest absolute Gasteiger partial charge is 0.275 e. The topological polar surface area (TPSA) is 79.7 Å². The fraction of sp³-hybridized carbons (Fsp3) is 0.538. The molecule has 1 saturated heterocycles. The fourth-order valence-corrected chi connectivity index (χ4v) is 2.20. The van der Waals surface area contributed by atoms with Gasteiger partial charge in [0.25, 0.3) is 5.69 Å². The lowest BCUT2D eigenvalue weighted by atomic mass is 10.2. The van der Waals surface area contributed by atoms with E-state index in [1.165, 1.54) is 19.2 Å². The molecule has 1 aromatic carbocycles. The zero-order chi connectivity index (χ0) is 14.4. The number of ether oxygens (including phenoxy) is 1. The van der Waals surface area contributed by atoms with E-state index >= 15 is 0 Å². The van der Waals surface area contributed by atoms with Crippen LogP contribution in [0.3, 0.4) is 0 Å². The van der Waals surface area contributed by atoms with Crippen molar-refractivity contribution in [3.8, 4) is 5.75 Å². The Bertz CT molecular complexity index is 461. The number of non-ortho nitro benzene ring substituents is 1. The molecule has 20 heavy (non-hydrogen) atoms. The first kappa shape index (κ1) is 14.5. The van der Waals surface area contributed by atoms with Gasteiger partial charge < -0.3 is 15.4 Å². The van der Waals surface area contributed by atoms with Gasteiger partial charge in [-0.1, -0.05) is 0 Å². The molecule has 0 saturated carbocycles. The minimum Gasteiger partial charge on any atom is -0.496 e. The molecule has 2 N–H and O–H groups in total. The minimum atomic E-state index is -0.413. The van der Waals surface area contributed by atoms with Crippen LogP contribution in [0.25, 0.3) is 0 Å². The van der Waals surface area contributed by atoms with E-state index in [4.69, 9.17) is 4.74 Å². The van der Waals surface area contributed by atoms with Gasteiger partial charge in [-0.15, -0.1) is 0 Å². The van der Waals surface area contributed by atoms with Gasteiger partial charge in [-0.3, -0.25) is 15.0 Å². The number of benzene rings is 1. The Labute approximate surface area is 118 Å². The summed E-state index contributed by atoms with van der Waals surface area (Å²) in [5, 5.41) is 17.4. The van der Waals surface area contributed by atoms with E-state index in [-0.39, 0.29) is 5.69 Å². The largest absolute Gasteiger partial charge is 0.496 e. The van der Waals surface area contributed by atoms with Crippen molar-refractivity contribution >= 4 is 11.4 Å². The van der Waals surface area contributed by atoms with Crippen LogP contribution in [0.2, 0.25) is 0 Å². The molecule has 0 aliphatic carbocycles. The molecule has 0 bridgehead atoms. The van der Waals surface area contributed by atoms with Crippen LogP contribution in [-0.4, -0.2) is 56.2 Å². The number of nitro groups is 1. The van der Waals surface area contributed by atoms with Crippen molar-refractivity contribution < 1.29 is 9.66 Å². The monoisotopic (exact) mass is 280 g/mol. The van der Waals surface area contributed by atoms with Crippen LogP contribution in [0.1, 0.15) is 0 Å². The normalized spacial score (nSPS) is 15.8. The highest BCUT2D eigenvalue weighted by Crippen LogP contribution is 2.25. The fourth-order valence-electron chi connectivity index (χ4n) is 2.20. The van der Waals surface area contributed by atoms with Crippen molar-refractivity contribution in [2.24, 2.45) is 0 Å². The third-order valence-electron chi connectivity index (χ3n) is 3.30. The van der Waals surface area contributed by atoms with Crippen LogP contribution in [0, 0.1) is 10.1 Å². The second-order valence-corrected chi connectivity index (χ2v) is 4.70. The Morgan fingerprint density at radius 2 is 2.15 bits per heavy atom. The first-order valence-corrected chi connectivity index (χ1v) is 6.69. The summed E-state index contributed by atoms with van der Waals surface area (Å²) in [6.45, 7) is 5.80. The van der Waals surface area contributed by atoms with Gasteiger partial charge in [0.2, 0.25) is 0 Å². The lowest BCUT2D eigenvalue weighted by Crippen LogP contribution is -2.45. The first-order valence-electron chi connectivity index (χ1n) is 6.69. The van der Waals surface area contributed by atoms with Crippen LogP contribution < -0.4 is 15.4 Å². The number of piperazine rings is 1. The zero-order valence-electron chi connectivity index (χ0n) is 11.6. The molecule has 7 heteroatoms. The van der Waals surface area contributed by atoms with E-state index in [1.54, 1.807) is 6.07 Å². The third-order valence-corrected chi connectivity index (χ3v) is 3.30. The highest BCUT2D eigenvalue weighted by Gasteiger charge is 2.11. The molecule has 0 unspecified atom stereocenters. The Morgan fingerprint density at radius 1 is 1.40 bits per heavy atom. The molecule has 0 amide bonds. The summed E-state index contributed by atoms with van der Waals surface area (Å²) in [6, 6.07) is 4.71. The van der Waals surface area contributed by atoms with Gasteiger partial charge in [0.15, 0.2) is 0 Å². The molecule has 0 aromatic heterocycles. The van der Waals surface area contributed by atoms with Crippen molar-refractivity contribution in [1.82, 2.24) is 10.2 Å². The average Bonchev–Trinajstić information content (AvgIpc) is 2.48. The SMILES string of the molecule is COc1cc(NCCN2CCNCC2)cc([N+](=O)[O-])c1. The standard InChI is InChI=1S/C13H20N4O3/c1-20-13-9-11(8-12(10-13)17(18)19)15-4-7-16-5-2-14-3-6-16/h8-10,14-15H,2-7H2,1H3. The molecule has 1 aliphatic rings. The molecule has 0 radical (unpaired) electrons. The predicted octanol–water partition coefficient (Wildman–Crippen LogP) is 0.921. The predicted molar refractivity (Wildman–Crippen MR) is 77.4 cm³/mol. The third kappa shape index (κ3) is 4.07. The summed E-state index contributed by atoms with van der Waals surface area (Å²) in [7, 11) is 1.50. The lowest BCUT2D eigenvalue weighted by Gasteiger charge is -2.27. The highest BCUT2D eigenvalue weighted by atomic mass is 16.6. The molecular weight excluding hydrogens is 260 g/mol. The molecule has 0 atom stereocenters. The number of nitrogens with zero attached hydrogens (tertiary/aromatic N) is 2. The van der Waals surface area contributed by atoms with Gasteiger partial charge in [0.1, 0.15) is 5.75 Å². The second kappa shape index (κ2) is 7.06. The zero-order valence-corrected chi connectivity index (χ0v) is 11.6. The summed E-state index contributed by atoms with van der Waals surface area (Å²) in [5.74, 6) is 0.490.